The van der Waals surface area contributed by atoms with E-state index in [-0.39, 0.29) is 18.5 Å². The number of unbranched alkanes of at least 4 members (excludes halogenated alkanes) is 56. The Bertz CT molecular complexity index is 1100. The fourth-order valence-electron chi connectivity index (χ4n) is 11.5. The van der Waals surface area contributed by atoms with E-state index in [1.54, 1.807) is 0 Å². The van der Waals surface area contributed by atoms with E-state index in [9.17, 15) is 19.8 Å². The number of nitrogens with one attached hydrogen (secondary N) is 1. The number of hydrogen-bond acceptors (Lipinski definition) is 5. The third-order valence-electron chi connectivity index (χ3n) is 16.9. The number of carbonyl (C=O) groups is 2. The highest BCUT2D eigenvalue weighted by molar-refractivity contribution is 5.76. The zero-order chi connectivity index (χ0) is 55.0. The second-order valence-corrected chi connectivity index (χ2v) is 24.6. The van der Waals surface area contributed by atoms with Gasteiger partial charge in [-0.05, 0) is 25.7 Å². The second-order valence-electron chi connectivity index (χ2n) is 24.6. The smallest absolute Gasteiger partial charge is 0.305 e. The van der Waals surface area contributed by atoms with Gasteiger partial charge in [-0.25, -0.2) is 0 Å². The van der Waals surface area contributed by atoms with Gasteiger partial charge >= 0.3 is 5.97 Å². The first kappa shape index (κ1) is 74.9. The number of carbonyl (C=O) groups excluding carboxylic acids is 2. The first-order chi connectivity index (χ1) is 37.5. The lowest BCUT2D eigenvalue weighted by atomic mass is 10.0. The fraction of sp³-hybridized carbons (Fsp3) is 0.971. The highest BCUT2D eigenvalue weighted by Crippen LogP contribution is 2.20. The largest absolute Gasteiger partial charge is 0.466 e. The molecule has 1 amide bonds. The van der Waals surface area contributed by atoms with Crippen LogP contribution in [0.3, 0.4) is 0 Å². The van der Waals surface area contributed by atoms with Crippen LogP contribution < -0.4 is 5.32 Å². The molecule has 0 aliphatic rings. The summed E-state index contributed by atoms with van der Waals surface area (Å²) in [7, 11) is 0. The summed E-state index contributed by atoms with van der Waals surface area (Å²) >= 11 is 0. The van der Waals surface area contributed by atoms with E-state index < -0.39 is 12.1 Å². The van der Waals surface area contributed by atoms with Gasteiger partial charge in [-0.3, -0.25) is 9.59 Å². The van der Waals surface area contributed by atoms with Crippen LogP contribution in [0, 0.1) is 0 Å². The molecule has 0 bridgehead atoms. The summed E-state index contributed by atoms with van der Waals surface area (Å²) in [5, 5.41) is 23.3. The minimum atomic E-state index is -0.661. The van der Waals surface area contributed by atoms with Crippen LogP contribution in [0.15, 0.2) is 0 Å². The molecule has 0 aromatic rings. The molecule has 0 radical (unpaired) electrons. The third kappa shape index (κ3) is 62.1. The maximum absolute atomic E-state index is 12.5. The van der Waals surface area contributed by atoms with Gasteiger partial charge in [-0.2, -0.15) is 0 Å². The lowest BCUT2D eigenvalue weighted by Gasteiger charge is -2.22. The van der Waals surface area contributed by atoms with Gasteiger partial charge in [-0.15, -0.1) is 0 Å². The Morgan fingerprint density at radius 1 is 0.316 bits per heavy atom. The molecule has 0 aromatic carbocycles. The normalized spacial score (nSPS) is 12.4. The number of rotatable bonds is 67. The number of esters is 1. The topological polar surface area (TPSA) is 95.9 Å². The van der Waals surface area contributed by atoms with Gasteiger partial charge in [0.15, 0.2) is 0 Å². The molecule has 0 saturated heterocycles. The Morgan fingerprint density at radius 2 is 0.539 bits per heavy atom. The SMILES string of the molecule is CCCCCCCCCCCCCCCCCCCCC(=O)OCCCCCCCCCCCCCCCCCCCCCCCCCCCCC(=O)NC(CO)C(O)CCCCCCCCCCCCCCCCC. The number of aliphatic hydroxyl groups excluding tert-OH is 2. The molecule has 0 fully saturated rings. The lowest BCUT2D eigenvalue weighted by Crippen LogP contribution is -2.45. The molecule has 0 rings (SSSR count). The van der Waals surface area contributed by atoms with Crippen molar-refractivity contribution in [2.24, 2.45) is 0 Å². The molecule has 0 aliphatic heterocycles. The summed E-state index contributed by atoms with van der Waals surface area (Å²) < 4.78 is 5.51. The second kappa shape index (κ2) is 66.4. The number of hydrogen-bond donors (Lipinski definition) is 3. The molecule has 0 aromatic heterocycles. The summed E-state index contributed by atoms with van der Waals surface area (Å²) in [6.45, 7) is 5.00. The van der Waals surface area contributed by atoms with Crippen molar-refractivity contribution < 1.29 is 24.5 Å². The predicted molar refractivity (Wildman–Crippen MR) is 334 cm³/mol. The standard InChI is InChI=1S/C70H139NO5/c1-3-5-7-9-11-13-15-17-19-20-32-36-40-44-48-52-56-60-64-70(75)76-65-61-57-53-49-45-41-37-33-30-28-26-24-22-21-23-25-27-29-31-35-39-43-47-51-55-59-63-69(74)71-67(66-72)68(73)62-58-54-50-46-42-38-34-18-16-14-12-10-8-6-4-2/h67-68,72-73H,3-66H2,1-2H3,(H,71,74). The Balaban J connectivity index is 3.32. The molecule has 0 aliphatic carbocycles. The molecule has 0 saturated carbocycles. The van der Waals surface area contributed by atoms with Crippen LogP contribution in [-0.2, 0) is 14.3 Å². The van der Waals surface area contributed by atoms with Gasteiger partial charge < -0.3 is 20.3 Å². The van der Waals surface area contributed by atoms with E-state index in [0.29, 0.717) is 25.9 Å². The van der Waals surface area contributed by atoms with Crippen LogP contribution >= 0.6 is 0 Å². The minimum absolute atomic E-state index is 0.0230. The van der Waals surface area contributed by atoms with Crippen molar-refractivity contribution >= 4 is 11.9 Å². The Labute approximate surface area is 476 Å². The van der Waals surface area contributed by atoms with E-state index in [0.717, 1.165) is 38.5 Å². The lowest BCUT2D eigenvalue weighted by molar-refractivity contribution is -0.143. The number of amides is 1. The molecule has 2 atom stereocenters. The Morgan fingerprint density at radius 3 is 0.803 bits per heavy atom. The summed E-state index contributed by atoms with van der Waals surface area (Å²) in [5.41, 5.74) is 0. The van der Waals surface area contributed by atoms with Gasteiger partial charge in [0, 0.05) is 12.8 Å². The van der Waals surface area contributed by atoms with Crippen LogP contribution in [0.5, 0.6) is 0 Å². The summed E-state index contributed by atoms with van der Waals surface area (Å²) in [6, 6.07) is -0.538. The summed E-state index contributed by atoms with van der Waals surface area (Å²) in [6.07, 6.45) is 80.1. The molecule has 0 heterocycles. The molecule has 3 N–H and O–H groups in total. The monoisotopic (exact) mass is 1070 g/mol. The van der Waals surface area contributed by atoms with E-state index in [1.165, 1.54) is 340 Å². The Hall–Kier alpha value is -1.14. The van der Waals surface area contributed by atoms with E-state index in [4.69, 9.17) is 4.74 Å². The van der Waals surface area contributed by atoms with E-state index >= 15 is 0 Å². The van der Waals surface area contributed by atoms with Gasteiger partial charge in [-0.1, -0.05) is 373 Å². The summed E-state index contributed by atoms with van der Waals surface area (Å²) in [4.78, 5) is 24.6. The van der Waals surface area contributed by atoms with Gasteiger partial charge in [0.2, 0.25) is 5.91 Å². The quantitative estimate of drug-likeness (QED) is 0.0417. The van der Waals surface area contributed by atoms with E-state index in [2.05, 4.69) is 19.2 Å². The van der Waals surface area contributed by atoms with Crippen LogP contribution in [0.2, 0.25) is 0 Å². The highest BCUT2D eigenvalue weighted by atomic mass is 16.5. The average molecular weight is 1070 g/mol. The predicted octanol–water partition coefficient (Wildman–Crippen LogP) is 22.6. The van der Waals surface area contributed by atoms with Crippen molar-refractivity contribution in [3.05, 3.63) is 0 Å². The van der Waals surface area contributed by atoms with E-state index in [1.807, 2.05) is 0 Å². The van der Waals surface area contributed by atoms with Gasteiger partial charge in [0.05, 0.1) is 25.4 Å². The Kier molecular flexibility index (Phi) is 65.4. The molecular formula is C70H139NO5. The average Bonchev–Trinajstić information content (AvgIpc) is 3.42. The van der Waals surface area contributed by atoms with Crippen molar-refractivity contribution in [1.82, 2.24) is 5.32 Å². The first-order valence-corrected chi connectivity index (χ1v) is 35.3. The minimum Gasteiger partial charge on any atom is -0.466 e. The molecule has 454 valence electrons. The molecule has 0 spiro atoms. The first-order valence-electron chi connectivity index (χ1n) is 35.3. The van der Waals surface area contributed by atoms with Gasteiger partial charge in [0.1, 0.15) is 0 Å². The number of ether oxygens (including phenoxy) is 1. The van der Waals surface area contributed by atoms with Crippen LogP contribution in [0.4, 0.5) is 0 Å². The van der Waals surface area contributed by atoms with Crippen molar-refractivity contribution in [2.75, 3.05) is 13.2 Å². The molecule has 6 heteroatoms. The number of aliphatic hydroxyl groups is 2. The molecule has 2 unspecified atom stereocenters. The van der Waals surface area contributed by atoms with Crippen LogP contribution in [0.25, 0.3) is 0 Å². The van der Waals surface area contributed by atoms with Crippen molar-refractivity contribution in [3.8, 4) is 0 Å². The summed E-state index contributed by atoms with van der Waals surface area (Å²) in [5.74, 6) is -0.00591. The van der Waals surface area contributed by atoms with Crippen LogP contribution in [-0.4, -0.2) is 47.4 Å². The fourth-order valence-corrected chi connectivity index (χ4v) is 11.5. The maximum Gasteiger partial charge on any atom is 0.305 e. The molecule has 6 nitrogen and oxygen atoms in total. The molecule has 76 heavy (non-hydrogen) atoms. The zero-order valence-electron chi connectivity index (χ0n) is 52.0. The van der Waals surface area contributed by atoms with Crippen LogP contribution in [0.1, 0.15) is 412 Å². The van der Waals surface area contributed by atoms with Crippen molar-refractivity contribution in [1.29, 1.82) is 0 Å². The van der Waals surface area contributed by atoms with Crippen molar-refractivity contribution in [3.63, 3.8) is 0 Å². The maximum atomic E-state index is 12.5. The van der Waals surface area contributed by atoms with Crippen molar-refractivity contribution in [2.45, 2.75) is 424 Å². The zero-order valence-corrected chi connectivity index (χ0v) is 52.0. The highest BCUT2D eigenvalue weighted by Gasteiger charge is 2.20. The van der Waals surface area contributed by atoms with Gasteiger partial charge in [0.25, 0.3) is 0 Å². The molecular weight excluding hydrogens is 935 g/mol. The third-order valence-corrected chi connectivity index (χ3v) is 16.9.